The van der Waals surface area contributed by atoms with E-state index in [2.05, 4.69) is 25.5 Å². The van der Waals surface area contributed by atoms with Gasteiger partial charge in [-0.1, -0.05) is 0 Å². The van der Waals surface area contributed by atoms with Crippen molar-refractivity contribution in [3.63, 3.8) is 0 Å². The number of phenolic OH excluding ortho intramolecular Hbond substituents is 1. The summed E-state index contributed by atoms with van der Waals surface area (Å²) >= 11 is 1.45. The molecule has 162 valence electrons. The summed E-state index contributed by atoms with van der Waals surface area (Å²) < 4.78 is 13.1. The Morgan fingerprint density at radius 2 is 2.10 bits per heavy atom. The van der Waals surface area contributed by atoms with Gasteiger partial charge in [0.1, 0.15) is 0 Å². The van der Waals surface area contributed by atoms with Crippen LogP contribution >= 0.6 is 18.6 Å². The van der Waals surface area contributed by atoms with E-state index in [-0.39, 0.29) is 17.9 Å². The summed E-state index contributed by atoms with van der Waals surface area (Å²) in [6.45, 7) is 4.30. The Kier molecular flexibility index (Phi) is 5.25. The fraction of sp³-hybridized carbons (Fsp3) is 0.318. The van der Waals surface area contributed by atoms with Gasteiger partial charge >= 0.3 is 200 Å². The number of carbonyl (C=O) groups excluding carboxylic acids is 1. The zero-order valence-electron chi connectivity index (χ0n) is 16.9. The summed E-state index contributed by atoms with van der Waals surface area (Å²) in [4.78, 5) is 31.1. The average Bonchev–Trinajstić information content (AvgIpc) is 3.13. The SMILES string of the molecule is CCc1c2c(nc3ccc(O)cc13)-c1cc3c(c(=O)n1C2)COC(=O)[C@@]3(CC)O[I-]I. The monoisotopic (exact) mass is 645 g/mol. The number of aromatic nitrogens is 2. The zero-order valence-corrected chi connectivity index (χ0v) is 21.2. The Labute approximate surface area is 198 Å². The van der Waals surface area contributed by atoms with Crippen molar-refractivity contribution >= 4 is 35.5 Å². The summed E-state index contributed by atoms with van der Waals surface area (Å²) in [5, 5.41) is 10.9. The quantitative estimate of drug-likeness (QED) is 0.260. The van der Waals surface area contributed by atoms with Crippen LogP contribution in [-0.2, 0) is 37.8 Å². The van der Waals surface area contributed by atoms with Crippen LogP contribution in [0.15, 0.2) is 29.1 Å². The van der Waals surface area contributed by atoms with Gasteiger partial charge in [0.15, 0.2) is 0 Å². The molecule has 0 fully saturated rings. The van der Waals surface area contributed by atoms with E-state index in [0.29, 0.717) is 29.8 Å². The summed E-state index contributed by atoms with van der Waals surface area (Å²) in [5.74, 6) is -0.243. The van der Waals surface area contributed by atoms with Crippen molar-refractivity contribution in [1.82, 2.24) is 9.55 Å². The molecule has 0 aliphatic carbocycles. The van der Waals surface area contributed by atoms with E-state index in [1.54, 1.807) is 22.8 Å². The van der Waals surface area contributed by atoms with Gasteiger partial charge in [0.05, 0.1) is 0 Å². The molecule has 2 aliphatic heterocycles. The number of fused-ring (bicyclic) bond motifs is 5. The number of ether oxygens (including phenoxy) is 1. The summed E-state index contributed by atoms with van der Waals surface area (Å²) in [5.41, 5.74) is 3.95. The molecule has 0 radical (unpaired) electrons. The van der Waals surface area contributed by atoms with E-state index in [0.717, 1.165) is 34.1 Å². The molecular formula is C22H19I2N2O5-. The molecule has 0 unspecified atom stereocenters. The molecule has 1 atom stereocenters. The van der Waals surface area contributed by atoms with Crippen LogP contribution in [0.1, 0.15) is 42.5 Å². The molecule has 3 aromatic rings. The third-order valence-corrected chi connectivity index (χ3v) is 8.31. The van der Waals surface area contributed by atoms with Crippen LogP contribution in [0.5, 0.6) is 5.75 Å². The molecular weight excluding hydrogens is 626 g/mol. The number of rotatable bonds is 4. The summed E-state index contributed by atoms with van der Waals surface area (Å²) in [6.07, 6.45) is 1.14. The van der Waals surface area contributed by atoms with Crippen molar-refractivity contribution in [2.24, 2.45) is 0 Å². The number of phenols is 1. The first-order valence-corrected chi connectivity index (χ1v) is 17.1. The number of hydrogen-bond acceptors (Lipinski definition) is 6. The molecule has 4 heterocycles. The van der Waals surface area contributed by atoms with Gasteiger partial charge in [0, 0.05) is 0 Å². The number of nitrogens with zero attached hydrogens (tertiary/aromatic N) is 2. The van der Waals surface area contributed by atoms with Crippen LogP contribution < -0.4 is 23.2 Å². The Balaban J connectivity index is 1.82. The molecule has 31 heavy (non-hydrogen) atoms. The van der Waals surface area contributed by atoms with Gasteiger partial charge in [-0.2, -0.15) is 0 Å². The maximum atomic E-state index is 13.5. The van der Waals surface area contributed by atoms with Gasteiger partial charge < -0.3 is 0 Å². The number of esters is 1. The van der Waals surface area contributed by atoms with Gasteiger partial charge in [0.2, 0.25) is 0 Å². The zero-order chi connectivity index (χ0) is 21.9. The van der Waals surface area contributed by atoms with Crippen LogP contribution in [0.4, 0.5) is 0 Å². The van der Waals surface area contributed by atoms with Gasteiger partial charge in [-0.3, -0.25) is 0 Å². The standard InChI is InChI=1S/C22H19I2N2O5/c1-3-12-13-7-11(27)5-6-17(13)25-19-14(12)9-26-18(19)8-16-15(20(26)28)10-30-21(29)22(16,4-2)31-24-23/h5-8,27H,3-4,9-10H2,1-2H3/q-1/t22-/m0/s1. The minimum atomic E-state index is -1.24. The van der Waals surface area contributed by atoms with E-state index in [9.17, 15) is 14.7 Å². The molecule has 7 nitrogen and oxygen atoms in total. The fourth-order valence-corrected chi connectivity index (χ4v) is 7.64. The number of carbonyl (C=O) groups is 1. The van der Waals surface area contributed by atoms with Crippen LogP contribution in [0.25, 0.3) is 22.3 Å². The minimum absolute atomic E-state index is 0.0434. The molecule has 0 bridgehead atoms. The summed E-state index contributed by atoms with van der Waals surface area (Å²) in [6, 6.07) is 7.04. The van der Waals surface area contributed by atoms with Gasteiger partial charge in [-0.05, 0) is 0 Å². The molecule has 9 heteroatoms. The predicted molar refractivity (Wildman–Crippen MR) is 118 cm³/mol. The second-order valence-corrected chi connectivity index (χ2v) is 10.7. The first-order chi connectivity index (χ1) is 14.9. The Morgan fingerprint density at radius 1 is 1.29 bits per heavy atom. The predicted octanol–water partition coefficient (Wildman–Crippen LogP) is 0.726. The van der Waals surface area contributed by atoms with E-state index < -0.39 is 29.2 Å². The first-order valence-electron chi connectivity index (χ1n) is 9.98. The van der Waals surface area contributed by atoms with Gasteiger partial charge in [-0.15, -0.1) is 0 Å². The normalized spacial score (nSPS) is 19.3. The Morgan fingerprint density at radius 3 is 2.81 bits per heavy atom. The van der Waals surface area contributed by atoms with Crippen LogP contribution in [-0.4, -0.2) is 20.6 Å². The topological polar surface area (TPSA) is 90.7 Å². The van der Waals surface area contributed by atoms with Crippen molar-refractivity contribution in [3.8, 4) is 17.1 Å². The number of benzene rings is 1. The number of cyclic esters (lactones) is 1. The average molecular weight is 645 g/mol. The molecule has 0 saturated heterocycles. The number of halogens is 2. The van der Waals surface area contributed by atoms with E-state index >= 15 is 0 Å². The van der Waals surface area contributed by atoms with Crippen LogP contribution in [0.2, 0.25) is 0 Å². The Hall–Kier alpha value is -1.73. The molecule has 0 amide bonds. The van der Waals surface area contributed by atoms with Crippen molar-refractivity contribution in [3.05, 3.63) is 56.9 Å². The number of aromatic hydroxyl groups is 1. The summed E-state index contributed by atoms with van der Waals surface area (Å²) in [7, 11) is 0. The Bertz CT molecular complexity index is 1320. The van der Waals surface area contributed by atoms with E-state index in [4.69, 9.17) is 12.8 Å². The molecule has 2 aliphatic rings. The second kappa shape index (κ2) is 7.69. The van der Waals surface area contributed by atoms with Crippen LogP contribution in [0.3, 0.4) is 0 Å². The van der Waals surface area contributed by atoms with Crippen molar-refractivity contribution in [2.75, 3.05) is 0 Å². The number of pyridine rings is 2. The van der Waals surface area contributed by atoms with Gasteiger partial charge in [0.25, 0.3) is 0 Å². The molecule has 5 rings (SSSR count). The van der Waals surface area contributed by atoms with Gasteiger partial charge in [-0.25, -0.2) is 0 Å². The molecule has 2 aromatic heterocycles. The van der Waals surface area contributed by atoms with Crippen LogP contribution in [0, 0.1) is 0 Å². The van der Waals surface area contributed by atoms with E-state index in [1.807, 2.05) is 13.0 Å². The van der Waals surface area contributed by atoms with Crippen molar-refractivity contribution in [1.29, 1.82) is 0 Å². The maximum absolute atomic E-state index is 13.5. The fourth-order valence-electron chi connectivity index (χ4n) is 4.72. The van der Waals surface area contributed by atoms with Crippen molar-refractivity contribution in [2.45, 2.75) is 45.4 Å². The number of hydrogen-bond donors (Lipinski definition) is 1. The molecule has 0 saturated carbocycles. The molecule has 1 N–H and O–H groups in total. The van der Waals surface area contributed by atoms with E-state index in [1.165, 1.54) is 0 Å². The molecule has 1 aromatic carbocycles. The second-order valence-electron chi connectivity index (χ2n) is 7.68. The third kappa shape index (κ3) is 2.95. The first kappa shape index (κ1) is 21.1. The number of aryl methyl sites for hydroxylation is 1. The molecule has 0 spiro atoms. The third-order valence-electron chi connectivity index (χ3n) is 6.27. The van der Waals surface area contributed by atoms with Crippen molar-refractivity contribution < 1.29 is 35.3 Å².